The van der Waals surface area contributed by atoms with Gasteiger partial charge in [0, 0.05) is 42.0 Å². The van der Waals surface area contributed by atoms with Gasteiger partial charge in [-0.1, -0.05) is 23.7 Å². The average molecular weight is 329 g/mol. The molecule has 0 radical (unpaired) electrons. The number of hydrogen-bond donors (Lipinski definition) is 1. The lowest BCUT2D eigenvalue weighted by atomic mass is 10.0. The van der Waals surface area contributed by atoms with Crippen LogP contribution in [0.3, 0.4) is 0 Å². The molecule has 0 spiro atoms. The summed E-state index contributed by atoms with van der Waals surface area (Å²) in [6, 6.07) is 8.83. The fraction of sp³-hybridized carbons (Fsp3) is 0.125. The van der Waals surface area contributed by atoms with Crippen molar-refractivity contribution in [1.82, 2.24) is 19.7 Å². The lowest BCUT2D eigenvalue weighted by Gasteiger charge is -2.04. The van der Waals surface area contributed by atoms with Crippen molar-refractivity contribution in [2.45, 2.75) is 12.8 Å². The molecule has 3 aromatic rings. The van der Waals surface area contributed by atoms with Crippen molar-refractivity contribution in [3.05, 3.63) is 75.4 Å². The summed E-state index contributed by atoms with van der Waals surface area (Å²) in [5.74, 6) is 0.234. The first-order valence-electron chi connectivity index (χ1n) is 6.96. The van der Waals surface area contributed by atoms with Crippen molar-refractivity contribution in [2.75, 3.05) is 0 Å². The summed E-state index contributed by atoms with van der Waals surface area (Å²) in [4.78, 5) is 30.9. The number of nitrogens with zero attached hydrogens (tertiary/aromatic N) is 3. The standard InChI is InChI=1S/C16H13ClN4O2/c17-13-4-1-3-11(7-13)8-14(22)9-12-10-18-16(20-15(12)23)21-6-2-5-19-21/h1-7,10H,8-9H2,(H,18,20,23). The number of carbonyl (C=O) groups excluding carboxylic acids is 1. The molecule has 0 unspecified atom stereocenters. The molecule has 0 aliphatic rings. The molecule has 0 atom stereocenters. The van der Waals surface area contributed by atoms with Crippen LogP contribution in [0.1, 0.15) is 11.1 Å². The molecule has 116 valence electrons. The number of nitrogens with one attached hydrogen (secondary N) is 1. The van der Waals surface area contributed by atoms with Crippen molar-refractivity contribution < 1.29 is 4.79 Å². The molecule has 2 heterocycles. The number of hydrogen-bond acceptors (Lipinski definition) is 4. The second-order valence-corrected chi connectivity index (χ2v) is 5.47. The molecule has 0 aliphatic heterocycles. The Morgan fingerprint density at radius 1 is 1.26 bits per heavy atom. The zero-order chi connectivity index (χ0) is 16.2. The maximum atomic E-state index is 12.1. The topological polar surface area (TPSA) is 80.6 Å². The van der Waals surface area contributed by atoms with Gasteiger partial charge in [0.25, 0.3) is 5.56 Å². The molecular weight excluding hydrogens is 316 g/mol. The maximum absolute atomic E-state index is 12.1. The van der Waals surface area contributed by atoms with E-state index < -0.39 is 0 Å². The minimum absolute atomic E-state index is 0.0221. The van der Waals surface area contributed by atoms with Gasteiger partial charge in [-0.3, -0.25) is 14.6 Å². The van der Waals surface area contributed by atoms with Crippen LogP contribution in [-0.2, 0) is 17.6 Å². The zero-order valence-corrected chi connectivity index (χ0v) is 12.8. The molecule has 1 N–H and O–H groups in total. The summed E-state index contributed by atoms with van der Waals surface area (Å²) in [7, 11) is 0. The van der Waals surface area contributed by atoms with E-state index in [-0.39, 0.29) is 24.2 Å². The number of carbonyl (C=O) groups is 1. The Labute approximate surface area is 136 Å². The maximum Gasteiger partial charge on any atom is 0.255 e. The van der Waals surface area contributed by atoms with Crippen LogP contribution in [0, 0.1) is 0 Å². The number of benzene rings is 1. The Morgan fingerprint density at radius 2 is 2.13 bits per heavy atom. The van der Waals surface area contributed by atoms with E-state index in [1.165, 1.54) is 10.9 Å². The Morgan fingerprint density at radius 3 is 2.83 bits per heavy atom. The van der Waals surface area contributed by atoms with Crippen LogP contribution in [0.2, 0.25) is 5.02 Å². The summed E-state index contributed by atoms with van der Waals surface area (Å²) in [5.41, 5.74) is 0.804. The van der Waals surface area contributed by atoms with Crippen LogP contribution in [0.15, 0.2) is 53.7 Å². The van der Waals surface area contributed by atoms with E-state index in [1.807, 2.05) is 6.07 Å². The zero-order valence-electron chi connectivity index (χ0n) is 12.1. The first kappa shape index (κ1) is 15.2. The number of aromatic amines is 1. The van der Waals surface area contributed by atoms with Crippen LogP contribution in [0.5, 0.6) is 0 Å². The first-order valence-corrected chi connectivity index (χ1v) is 7.34. The Kier molecular flexibility index (Phi) is 4.34. The van der Waals surface area contributed by atoms with Crippen LogP contribution < -0.4 is 5.56 Å². The number of rotatable bonds is 5. The molecule has 7 heteroatoms. The lowest BCUT2D eigenvalue weighted by molar-refractivity contribution is -0.117. The van der Waals surface area contributed by atoms with Crippen molar-refractivity contribution >= 4 is 17.4 Å². The monoisotopic (exact) mass is 328 g/mol. The Balaban J connectivity index is 1.73. The smallest absolute Gasteiger partial charge is 0.255 e. The minimum atomic E-state index is -0.343. The van der Waals surface area contributed by atoms with E-state index in [0.29, 0.717) is 16.5 Å². The summed E-state index contributed by atoms with van der Waals surface area (Å²) in [6.07, 6.45) is 4.91. The highest BCUT2D eigenvalue weighted by Gasteiger charge is 2.10. The Hall–Kier alpha value is -2.73. The van der Waals surface area contributed by atoms with Crippen LogP contribution in [0.25, 0.3) is 5.95 Å². The van der Waals surface area contributed by atoms with Gasteiger partial charge in [0.15, 0.2) is 0 Å². The van der Waals surface area contributed by atoms with Gasteiger partial charge in [-0.2, -0.15) is 5.10 Å². The van der Waals surface area contributed by atoms with Crippen LogP contribution >= 0.6 is 11.6 Å². The Bertz CT molecular complexity index is 887. The molecular formula is C16H13ClN4O2. The molecule has 0 fully saturated rings. The predicted octanol–water partition coefficient (Wildman–Crippen LogP) is 1.96. The van der Waals surface area contributed by atoms with Crippen molar-refractivity contribution in [3.8, 4) is 5.95 Å². The predicted molar refractivity (Wildman–Crippen MR) is 85.8 cm³/mol. The summed E-state index contributed by atoms with van der Waals surface area (Å²) < 4.78 is 1.44. The van der Waals surface area contributed by atoms with Crippen molar-refractivity contribution in [2.24, 2.45) is 0 Å². The third-order valence-electron chi connectivity index (χ3n) is 3.26. The molecule has 3 rings (SSSR count). The second kappa shape index (κ2) is 6.58. The molecule has 0 amide bonds. The van der Waals surface area contributed by atoms with Gasteiger partial charge in [0.1, 0.15) is 5.78 Å². The highest BCUT2D eigenvalue weighted by Crippen LogP contribution is 2.12. The molecule has 6 nitrogen and oxygen atoms in total. The van der Waals surface area contributed by atoms with E-state index in [0.717, 1.165) is 5.56 Å². The van der Waals surface area contributed by atoms with Gasteiger partial charge in [-0.05, 0) is 23.8 Å². The van der Waals surface area contributed by atoms with E-state index in [4.69, 9.17) is 11.6 Å². The molecule has 2 aromatic heterocycles. The third-order valence-corrected chi connectivity index (χ3v) is 3.49. The number of halogens is 1. The van der Waals surface area contributed by atoms with Crippen molar-refractivity contribution in [3.63, 3.8) is 0 Å². The molecule has 23 heavy (non-hydrogen) atoms. The lowest BCUT2D eigenvalue weighted by Crippen LogP contribution is -2.20. The summed E-state index contributed by atoms with van der Waals surface area (Å²) >= 11 is 5.90. The quantitative estimate of drug-likeness (QED) is 0.776. The van der Waals surface area contributed by atoms with Gasteiger partial charge in [-0.15, -0.1) is 0 Å². The molecule has 1 aromatic carbocycles. The van der Waals surface area contributed by atoms with Gasteiger partial charge in [-0.25, -0.2) is 9.67 Å². The number of ketones is 1. The van der Waals surface area contributed by atoms with E-state index in [2.05, 4.69) is 15.1 Å². The molecule has 0 bridgehead atoms. The average Bonchev–Trinajstić information content (AvgIpc) is 3.03. The normalized spacial score (nSPS) is 10.7. The third kappa shape index (κ3) is 3.73. The molecule has 0 saturated heterocycles. The molecule has 0 aliphatic carbocycles. The van der Waals surface area contributed by atoms with Crippen molar-refractivity contribution in [1.29, 1.82) is 0 Å². The van der Waals surface area contributed by atoms with Gasteiger partial charge in [0.05, 0.1) is 0 Å². The number of H-pyrrole nitrogens is 1. The fourth-order valence-electron chi connectivity index (χ4n) is 2.20. The van der Waals surface area contributed by atoms with Crippen LogP contribution in [0.4, 0.5) is 0 Å². The van der Waals surface area contributed by atoms with E-state index in [1.54, 1.807) is 36.7 Å². The molecule has 0 saturated carbocycles. The highest BCUT2D eigenvalue weighted by atomic mass is 35.5. The largest absolute Gasteiger partial charge is 0.299 e. The highest BCUT2D eigenvalue weighted by molar-refractivity contribution is 6.30. The van der Waals surface area contributed by atoms with Gasteiger partial charge in [0.2, 0.25) is 5.95 Å². The van der Waals surface area contributed by atoms with E-state index >= 15 is 0 Å². The first-order chi connectivity index (χ1) is 11.1. The van der Waals surface area contributed by atoms with Crippen LogP contribution in [-0.4, -0.2) is 25.5 Å². The SMILES string of the molecule is O=C(Cc1cccc(Cl)c1)Cc1cnc(-n2cccn2)[nH]c1=O. The van der Waals surface area contributed by atoms with Gasteiger partial charge >= 0.3 is 0 Å². The second-order valence-electron chi connectivity index (χ2n) is 5.03. The number of Topliss-reactive ketones (excluding diaryl/α,β-unsaturated/α-hetero) is 1. The summed E-state index contributed by atoms with van der Waals surface area (Å²) in [5, 5.41) is 4.57. The fourth-order valence-corrected chi connectivity index (χ4v) is 2.41. The summed E-state index contributed by atoms with van der Waals surface area (Å²) in [6.45, 7) is 0. The minimum Gasteiger partial charge on any atom is -0.299 e. The van der Waals surface area contributed by atoms with E-state index in [9.17, 15) is 9.59 Å². The number of aromatic nitrogens is 4. The van der Waals surface area contributed by atoms with Gasteiger partial charge < -0.3 is 0 Å².